The van der Waals surface area contributed by atoms with Gasteiger partial charge in [0.1, 0.15) is 22.3 Å². The van der Waals surface area contributed by atoms with E-state index < -0.39 is 0 Å². The molecule has 0 saturated heterocycles. The molecule has 0 amide bonds. The largest absolute Gasteiger partial charge is 0.456 e. The molecule has 143 heavy (non-hydrogen) atoms. The van der Waals surface area contributed by atoms with Crippen molar-refractivity contribution in [2.24, 2.45) is 0 Å². The van der Waals surface area contributed by atoms with Crippen molar-refractivity contribution in [2.75, 3.05) is 14.7 Å². The van der Waals surface area contributed by atoms with Gasteiger partial charge in [0.2, 0.25) is 0 Å². The maximum atomic E-state index is 6.09. The summed E-state index contributed by atoms with van der Waals surface area (Å²) in [6.07, 6.45) is 0. The molecule has 0 unspecified atom stereocenters. The number of fused-ring (bicyclic) bond motifs is 18. The Kier molecular flexibility index (Phi) is 21.3. The molecule has 0 N–H and O–H groups in total. The number of hydrogen-bond donors (Lipinski definition) is 0. The molecule has 23 aromatic rings. The van der Waals surface area contributed by atoms with Gasteiger partial charge < -0.3 is 23.5 Å². The summed E-state index contributed by atoms with van der Waals surface area (Å²) in [4.78, 5) is 7.22. The van der Waals surface area contributed by atoms with Gasteiger partial charge in [0.05, 0.1) is 5.69 Å². The highest BCUT2D eigenvalue weighted by molar-refractivity contribution is 6.08. The third-order valence-corrected chi connectivity index (χ3v) is 30.8. The number of anilines is 9. The number of furan rings is 2. The van der Waals surface area contributed by atoms with Gasteiger partial charge in [-0.05, 0) is 307 Å². The monoisotopic (exact) mass is 1840 g/mol. The molecule has 21 aromatic carbocycles. The predicted octanol–water partition coefficient (Wildman–Crippen LogP) is 38.5. The summed E-state index contributed by atoms with van der Waals surface area (Å²) in [5.74, 6) is 0. The molecule has 684 valence electrons. The number of rotatable bonds is 15. The Hall–Kier alpha value is -17.4. The van der Waals surface area contributed by atoms with Gasteiger partial charge in [-0.1, -0.05) is 395 Å². The van der Waals surface area contributed by atoms with Crippen molar-refractivity contribution in [3.8, 4) is 111 Å². The van der Waals surface area contributed by atoms with E-state index in [4.69, 9.17) is 8.83 Å². The second-order valence-corrected chi connectivity index (χ2v) is 40.6. The van der Waals surface area contributed by atoms with Crippen LogP contribution in [0, 0.1) is 0 Å². The molecular formula is C138H105N3O2. The van der Waals surface area contributed by atoms with E-state index in [-0.39, 0.29) is 21.7 Å². The van der Waals surface area contributed by atoms with Crippen LogP contribution in [0.1, 0.15) is 99.9 Å². The maximum absolute atomic E-state index is 6.09. The molecule has 2 aromatic heterocycles. The highest BCUT2D eigenvalue weighted by atomic mass is 16.3. The first-order valence-electron chi connectivity index (χ1n) is 49.9. The topological polar surface area (TPSA) is 36.0 Å². The highest BCUT2D eigenvalue weighted by Crippen LogP contribution is 2.58. The van der Waals surface area contributed by atoms with Crippen LogP contribution in [0.3, 0.4) is 0 Å². The van der Waals surface area contributed by atoms with Crippen molar-refractivity contribution < 1.29 is 8.83 Å². The highest BCUT2D eigenvalue weighted by Gasteiger charge is 2.42. The zero-order chi connectivity index (χ0) is 96.4. The molecule has 5 heteroatoms. The molecule has 0 fully saturated rings. The third-order valence-electron chi connectivity index (χ3n) is 30.8. The van der Waals surface area contributed by atoms with Crippen LogP contribution in [0.2, 0.25) is 0 Å². The van der Waals surface area contributed by atoms with Crippen LogP contribution in [0.15, 0.2) is 500 Å². The fraction of sp³-hybridized carbons (Fsp3) is 0.0870. The lowest BCUT2D eigenvalue weighted by Gasteiger charge is -2.33. The van der Waals surface area contributed by atoms with Gasteiger partial charge in [-0.3, -0.25) is 0 Å². The van der Waals surface area contributed by atoms with Crippen LogP contribution < -0.4 is 14.7 Å². The van der Waals surface area contributed by atoms with Crippen LogP contribution in [0.5, 0.6) is 0 Å². The van der Waals surface area contributed by atoms with Crippen molar-refractivity contribution in [1.82, 2.24) is 0 Å². The Morgan fingerprint density at radius 1 is 0.147 bits per heavy atom. The second-order valence-electron chi connectivity index (χ2n) is 40.6. The first-order valence-corrected chi connectivity index (χ1v) is 49.9. The van der Waals surface area contributed by atoms with Crippen molar-refractivity contribution >= 4 is 95.1 Å². The first kappa shape index (κ1) is 87.1. The SMILES string of the molecule is CC1(C)c2ccccc2-c2cc(-c3ccc(N(c4cc(-c5ccccc5)cc(-c5ccccc5)c4)c4cccc5c4C(C)(C)c4ccccc4-5)cc3)ccc21.CC1(C)c2ccccc2-c2cc(N(c3ccc(-c4ccccc4)cc3)c3ccc(-c4ccc5oc6ccccc6c5c4)cc3)ccc21.CC1(C)c2ccccc2-c2cc(N(c3ccccc3)c3ccc(-c4ccc5oc6ccccc6c5c4)cc3)ccc21. The summed E-state index contributed by atoms with van der Waals surface area (Å²) in [5.41, 5.74) is 49.7. The van der Waals surface area contributed by atoms with Crippen LogP contribution in [-0.4, -0.2) is 0 Å². The van der Waals surface area contributed by atoms with Crippen LogP contribution in [-0.2, 0) is 21.7 Å². The van der Waals surface area contributed by atoms with Crippen molar-refractivity contribution in [3.63, 3.8) is 0 Å². The molecule has 27 rings (SSSR count). The van der Waals surface area contributed by atoms with E-state index >= 15 is 0 Å². The first-order chi connectivity index (χ1) is 69.9. The van der Waals surface area contributed by atoms with Gasteiger partial charge >= 0.3 is 0 Å². The molecule has 0 spiro atoms. The summed E-state index contributed by atoms with van der Waals surface area (Å²) >= 11 is 0. The quantitative estimate of drug-likeness (QED) is 0.102. The molecule has 0 radical (unpaired) electrons. The second kappa shape index (κ2) is 34.9. The van der Waals surface area contributed by atoms with Crippen LogP contribution >= 0.6 is 0 Å². The molecule has 0 aliphatic heterocycles. The number of benzene rings is 21. The lowest BCUT2D eigenvalue weighted by molar-refractivity contribution is 0.660. The molecular weight excluding hydrogens is 1730 g/mol. The Morgan fingerprint density at radius 3 is 0.839 bits per heavy atom. The minimum atomic E-state index is -0.186. The summed E-state index contributed by atoms with van der Waals surface area (Å²) < 4.78 is 12.1. The molecule has 2 heterocycles. The fourth-order valence-corrected chi connectivity index (χ4v) is 23.5. The van der Waals surface area contributed by atoms with Crippen molar-refractivity contribution in [2.45, 2.75) is 77.0 Å². The molecule has 0 saturated carbocycles. The minimum absolute atomic E-state index is 0.00883. The Labute approximate surface area is 836 Å². The Bertz CT molecular complexity index is 8790. The van der Waals surface area contributed by atoms with Crippen LogP contribution in [0.4, 0.5) is 51.2 Å². The van der Waals surface area contributed by atoms with Gasteiger partial charge in [-0.15, -0.1) is 0 Å². The van der Waals surface area contributed by atoms with E-state index in [1.807, 2.05) is 24.3 Å². The number of nitrogens with zero attached hydrogens (tertiary/aromatic N) is 3. The van der Waals surface area contributed by atoms with E-state index in [1.165, 1.54) is 161 Å². The van der Waals surface area contributed by atoms with E-state index in [0.717, 1.165) is 89.4 Å². The average Bonchev–Trinajstić information content (AvgIpc) is 1.56. The van der Waals surface area contributed by atoms with Gasteiger partial charge in [0.15, 0.2) is 0 Å². The van der Waals surface area contributed by atoms with Gasteiger partial charge in [-0.25, -0.2) is 0 Å². The molecule has 4 aliphatic rings. The molecule has 0 bridgehead atoms. The van der Waals surface area contributed by atoms with E-state index in [2.05, 4.69) is 537 Å². The minimum Gasteiger partial charge on any atom is -0.456 e. The summed E-state index contributed by atoms with van der Waals surface area (Å²) in [7, 11) is 0. The lowest BCUT2D eigenvalue weighted by Crippen LogP contribution is -2.20. The van der Waals surface area contributed by atoms with E-state index in [9.17, 15) is 0 Å². The molecule has 5 nitrogen and oxygen atoms in total. The van der Waals surface area contributed by atoms with Crippen molar-refractivity contribution in [3.05, 3.63) is 536 Å². The van der Waals surface area contributed by atoms with Gasteiger partial charge in [-0.2, -0.15) is 0 Å². The lowest BCUT2D eigenvalue weighted by atomic mass is 9.81. The number of para-hydroxylation sites is 3. The van der Waals surface area contributed by atoms with Crippen LogP contribution in [0.25, 0.3) is 155 Å². The maximum Gasteiger partial charge on any atom is 0.135 e. The standard InChI is InChI=1S/C54H43N.C45H33NO.C39H29NO/c1-53(2)48-23-13-12-21-45(48)47-35-39(28-31-50(47)53)38-26-29-42(30-27-38)55(51-25-15-22-46-44-20-11-14-24-49(44)54(3,4)52(46)51)43-33-40(36-16-7-5-8-17-36)32-41(34-43)37-18-9-6-10-19-37;1-45(2)41-14-8-6-12-37(41)39-29-36(25-26-42(39)45)46(34-21-16-31(17-22-34)30-10-4-3-5-11-30)35-23-18-32(19-24-35)33-20-27-44-40(28-33)38-13-7-9-15-43(38)47-44;1-39(2)35-14-8-6-12-31(35)33-25-30(21-22-36(33)39)40(28-10-4-3-5-11-28)29-19-16-26(17-20-29)27-18-23-38-34(24-27)32-13-7-9-15-37(32)41-38/h5-35H,1-4H3;3-29H,1-2H3;3-25H,1-2H3. The normalized spacial score (nSPS) is 13.5. The zero-order valence-electron chi connectivity index (χ0n) is 81.4. The fourth-order valence-electron chi connectivity index (χ4n) is 23.5. The summed E-state index contributed by atoms with van der Waals surface area (Å²) in [5, 5.41) is 4.59. The van der Waals surface area contributed by atoms with E-state index in [0.29, 0.717) is 0 Å². The van der Waals surface area contributed by atoms with Crippen molar-refractivity contribution in [1.29, 1.82) is 0 Å². The predicted molar refractivity (Wildman–Crippen MR) is 601 cm³/mol. The van der Waals surface area contributed by atoms with E-state index in [1.54, 1.807) is 0 Å². The Morgan fingerprint density at radius 2 is 0.420 bits per heavy atom. The molecule has 4 aliphatic carbocycles. The average molecular weight is 1840 g/mol. The zero-order valence-corrected chi connectivity index (χ0v) is 81.4. The summed E-state index contributed by atoms with van der Waals surface area (Å²) in [6.45, 7) is 18.8. The smallest absolute Gasteiger partial charge is 0.135 e. The third kappa shape index (κ3) is 15.2. The Balaban J connectivity index is 0.000000114. The summed E-state index contributed by atoms with van der Waals surface area (Å²) in [6, 6.07) is 179. The number of hydrogen-bond acceptors (Lipinski definition) is 5. The van der Waals surface area contributed by atoms with Gasteiger partial charge in [0.25, 0.3) is 0 Å². The molecule has 0 atom stereocenters. The van der Waals surface area contributed by atoms with Gasteiger partial charge in [0, 0.05) is 88.7 Å².